The molecule has 1 N–H and O–H groups in total. The van der Waals surface area contributed by atoms with E-state index < -0.39 is 0 Å². The second-order valence-electron chi connectivity index (χ2n) is 6.93. The first-order chi connectivity index (χ1) is 12.7. The third kappa shape index (κ3) is 5.33. The Morgan fingerprint density at radius 1 is 1.08 bits per heavy atom. The number of nitrogens with one attached hydrogen (secondary N) is 1. The molecule has 1 aliphatic heterocycles. The predicted octanol–water partition coefficient (Wildman–Crippen LogP) is 3.40. The number of carbonyl (C=O) groups excluding carboxylic acids is 1. The SMILES string of the molecule is Cc1ccccc1CN1CCC(C(=O)NCCOc2ccccc2)CC1. The van der Waals surface area contributed by atoms with Crippen LogP contribution in [0, 0.1) is 12.8 Å². The van der Waals surface area contributed by atoms with Crippen LogP contribution in [-0.4, -0.2) is 37.0 Å². The summed E-state index contributed by atoms with van der Waals surface area (Å²) in [5, 5.41) is 3.01. The quantitative estimate of drug-likeness (QED) is 0.777. The van der Waals surface area contributed by atoms with Crippen molar-refractivity contribution in [2.75, 3.05) is 26.2 Å². The van der Waals surface area contributed by atoms with Crippen LogP contribution in [0.2, 0.25) is 0 Å². The number of nitrogens with zero attached hydrogens (tertiary/aromatic N) is 1. The van der Waals surface area contributed by atoms with E-state index in [1.165, 1.54) is 11.1 Å². The van der Waals surface area contributed by atoms with Gasteiger partial charge in [0.1, 0.15) is 12.4 Å². The highest BCUT2D eigenvalue weighted by Crippen LogP contribution is 2.20. The number of hydrogen-bond acceptors (Lipinski definition) is 3. The second kappa shape index (κ2) is 9.39. The third-order valence-electron chi connectivity index (χ3n) is 5.03. The summed E-state index contributed by atoms with van der Waals surface area (Å²) in [5.74, 6) is 1.13. The molecule has 1 heterocycles. The van der Waals surface area contributed by atoms with E-state index in [0.29, 0.717) is 13.2 Å². The minimum Gasteiger partial charge on any atom is -0.492 e. The van der Waals surface area contributed by atoms with Crippen molar-refractivity contribution in [2.45, 2.75) is 26.3 Å². The van der Waals surface area contributed by atoms with Gasteiger partial charge in [-0.05, 0) is 56.1 Å². The zero-order chi connectivity index (χ0) is 18.2. The number of benzene rings is 2. The van der Waals surface area contributed by atoms with Gasteiger partial charge in [-0.3, -0.25) is 9.69 Å². The Balaban J connectivity index is 1.35. The standard InChI is InChI=1S/C22H28N2O2/c1-18-7-5-6-8-20(18)17-24-14-11-19(12-15-24)22(25)23-13-16-26-21-9-3-2-4-10-21/h2-10,19H,11-17H2,1H3,(H,23,25). The monoisotopic (exact) mass is 352 g/mol. The Morgan fingerprint density at radius 3 is 2.50 bits per heavy atom. The smallest absolute Gasteiger partial charge is 0.223 e. The number of rotatable bonds is 7. The number of likely N-dealkylation sites (tertiary alicyclic amines) is 1. The summed E-state index contributed by atoms with van der Waals surface area (Å²) in [6.07, 6.45) is 1.86. The van der Waals surface area contributed by atoms with Gasteiger partial charge in [0.05, 0.1) is 6.54 Å². The number of carbonyl (C=O) groups is 1. The molecule has 1 aliphatic rings. The van der Waals surface area contributed by atoms with E-state index in [0.717, 1.165) is 38.2 Å². The van der Waals surface area contributed by atoms with Crippen LogP contribution in [0.15, 0.2) is 54.6 Å². The fourth-order valence-corrected chi connectivity index (χ4v) is 3.39. The molecule has 0 aromatic heterocycles. The Morgan fingerprint density at radius 2 is 1.77 bits per heavy atom. The molecule has 1 amide bonds. The van der Waals surface area contributed by atoms with Crippen LogP contribution in [0.25, 0.3) is 0 Å². The highest BCUT2D eigenvalue weighted by Gasteiger charge is 2.24. The molecule has 4 heteroatoms. The van der Waals surface area contributed by atoms with Crippen molar-refractivity contribution in [3.8, 4) is 5.75 Å². The molecule has 0 bridgehead atoms. The summed E-state index contributed by atoms with van der Waals surface area (Å²) in [7, 11) is 0. The normalized spacial score (nSPS) is 15.6. The van der Waals surface area contributed by atoms with Gasteiger partial charge in [0.15, 0.2) is 0 Å². The van der Waals surface area contributed by atoms with Crippen LogP contribution >= 0.6 is 0 Å². The molecular weight excluding hydrogens is 324 g/mol. The predicted molar refractivity (Wildman–Crippen MR) is 104 cm³/mol. The van der Waals surface area contributed by atoms with E-state index >= 15 is 0 Å². The number of ether oxygens (including phenoxy) is 1. The lowest BCUT2D eigenvalue weighted by molar-refractivity contribution is -0.126. The number of hydrogen-bond donors (Lipinski definition) is 1. The first-order valence-electron chi connectivity index (χ1n) is 9.45. The lowest BCUT2D eigenvalue weighted by Crippen LogP contribution is -2.41. The molecule has 0 aliphatic carbocycles. The number of para-hydroxylation sites is 1. The van der Waals surface area contributed by atoms with Crippen molar-refractivity contribution >= 4 is 5.91 Å². The first-order valence-corrected chi connectivity index (χ1v) is 9.45. The maximum atomic E-state index is 12.3. The highest BCUT2D eigenvalue weighted by molar-refractivity contribution is 5.78. The second-order valence-corrected chi connectivity index (χ2v) is 6.93. The van der Waals surface area contributed by atoms with E-state index in [1.54, 1.807) is 0 Å². The minimum absolute atomic E-state index is 0.125. The van der Waals surface area contributed by atoms with Crippen molar-refractivity contribution in [3.05, 3.63) is 65.7 Å². The fraction of sp³-hybridized carbons (Fsp3) is 0.409. The maximum Gasteiger partial charge on any atom is 0.223 e. The van der Waals surface area contributed by atoms with Gasteiger partial charge in [0.2, 0.25) is 5.91 Å². The minimum atomic E-state index is 0.125. The van der Waals surface area contributed by atoms with E-state index in [9.17, 15) is 4.79 Å². The Labute approximate surface area is 156 Å². The Bertz CT molecular complexity index is 694. The van der Waals surface area contributed by atoms with E-state index in [2.05, 4.69) is 41.4 Å². The summed E-state index contributed by atoms with van der Waals surface area (Å²) in [6, 6.07) is 18.2. The van der Waals surface area contributed by atoms with Gasteiger partial charge < -0.3 is 10.1 Å². The van der Waals surface area contributed by atoms with Gasteiger partial charge in [-0.2, -0.15) is 0 Å². The summed E-state index contributed by atoms with van der Waals surface area (Å²) < 4.78 is 5.62. The Kier molecular flexibility index (Phi) is 6.67. The summed E-state index contributed by atoms with van der Waals surface area (Å²) in [5.41, 5.74) is 2.72. The fourth-order valence-electron chi connectivity index (χ4n) is 3.39. The van der Waals surface area contributed by atoms with Crippen LogP contribution in [0.5, 0.6) is 5.75 Å². The lowest BCUT2D eigenvalue weighted by Gasteiger charge is -2.31. The van der Waals surface area contributed by atoms with Crippen molar-refractivity contribution in [2.24, 2.45) is 5.92 Å². The third-order valence-corrected chi connectivity index (χ3v) is 5.03. The molecular formula is C22H28N2O2. The first kappa shape index (κ1) is 18.5. The van der Waals surface area contributed by atoms with E-state index in [-0.39, 0.29) is 11.8 Å². The van der Waals surface area contributed by atoms with E-state index in [1.807, 2.05) is 30.3 Å². The molecule has 1 fully saturated rings. The summed E-state index contributed by atoms with van der Waals surface area (Å²) in [4.78, 5) is 14.8. The van der Waals surface area contributed by atoms with Crippen LogP contribution < -0.4 is 10.1 Å². The summed E-state index contributed by atoms with van der Waals surface area (Å²) in [6.45, 7) is 6.15. The number of piperidine rings is 1. The van der Waals surface area contributed by atoms with Gasteiger partial charge in [0, 0.05) is 12.5 Å². The van der Waals surface area contributed by atoms with Crippen LogP contribution in [0.3, 0.4) is 0 Å². The lowest BCUT2D eigenvalue weighted by atomic mass is 9.95. The summed E-state index contributed by atoms with van der Waals surface area (Å²) >= 11 is 0. The molecule has 1 saturated heterocycles. The van der Waals surface area contributed by atoms with Gasteiger partial charge in [-0.15, -0.1) is 0 Å². The molecule has 0 saturated carbocycles. The number of aryl methyl sites for hydroxylation is 1. The van der Waals surface area contributed by atoms with Crippen molar-refractivity contribution < 1.29 is 9.53 Å². The van der Waals surface area contributed by atoms with Crippen LogP contribution in [-0.2, 0) is 11.3 Å². The van der Waals surface area contributed by atoms with Crippen molar-refractivity contribution in [1.29, 1.82) is 0 Å². The molecule has 4 nitrogen and oxygen atoms in total. The van der Waals surface area contributed by atoms with Gasteiger partial charge >= 0.3 is 0 Å². The van der Waals surface area contributed by atoms with Crippen LogP contribution in [0.4, 0.5) is 0 Å². The molecule has 26 heavy (non-hydrogen) atoms. The molecule has 0 spiro atoms. The molecule has 3 rings (SSSR count). The van der Waals surface area contributed by atoms with Gasteiger partial charge in [-0.25, -0.2) is 0 Å². The Hall–Kier alpha value is -2.33. The van der Waals surface area contributed by atoms with E-state index in [4.69, 9.17) is 4.74 Å². The van der Waals surface area contributed by atoms with Gasteiger partial charge in [-0.1, -0.05) is 42.5 Å². The molecule has 0 unspecified atom stereocenters. The zero-order valence-corrected chi connectivity index (χ0v) is 15.5. The molecule has 2 aromatic rings. The van der Waals surface area contributed by atoms with Crippen LogP contribution in [0.1, 0.15) is 24.0 Å². The number of amides is 1. The average Bonchev–Trinajstić information content (AvgIpc) is 2.68. The average molecular weight is 352 g/mol. The molecule has 2 aromatic carbocycles. The molecule has 138 valence electrons. The van der Waals surface area contributed by atoms with Crippen molar-refractivity contribution in [1.82, 2.24) is 10.2 Å². The topological polar surface area (TPSA) is 41.6 Å². The zero-order valence-electron chi connectivity index (χ0n) is 15.5. The molecule has 0 atom stereocenters. The largest absolute Gasteiger partial charge is 0.492 e. The maximum absolute atomic E-state index is 12.3. The highest BCUT2D eigenvalue weighted by atomic mass is 16.5. The molecule has 0 radical (unpaired) electrons. The van der Waals surface area contributed by atoms with Gasteiger partial charge in [0.25, 0.3) is 0 Å². The van der Waals surface area contributed by atoms with Crippen molar-refractivity contribution in [3.63, 3.8) is 0 Å².